The molecule has 1 aliphatic rings. The van der Waals surface area contributed by atoms with Crippen molar-refractivity contribution >= 4 is 28.4 Å². The van der Waals surface area contributed by atoms with Gasteiger partial charge >= 0.3 is 0 Å². The SMILES string of the molecule is CCCCc1ccc(N2CC(O)=C(c3nc(-c4ccc(F)cc4)cs3)C2=N)cc1. The van der Waals surface area contributed by atoms with Crippen LogP contribution in [-0.4, -0.2) is 22.5 Å². The highest BCUT2D eigenvalue weighted by molar-refractivity contribution is 7.11. The summed E-state index contributed by atoms with van der Waals surface area (Å²) in [4.78, 5) is 6.36. The van der Waals surface area contributed by atoms with Crippen molar-refractivity contribution in [3.05, 3.63) is 76.1 Å². The number of benzene rings is 2. The van der Waals surface area contributed by atoms with Crippen LogP contribution in [0.4, 0.5) is 10.1 Å². The van der Waals surface area contributed by atoms with Crippen molar-refractivity contribution in [3.8, 4) is 11.3 Å². The minimum Gasteiger partial charge on any atom is -0.510 e. The number of hydrogen-bond donors (Lipinski definition) is 2. The number of rotatable bonds is 6. The van der Waals surface area contributed by atoms with Gasteiger partial charge in [0, 0.05) is 16.6 Å². The van der Waals surface area contributed by atoms with Crippen LogP contribution in [0.3, 0.4) is 0 Å². The Balaban J connectivity index is 1.54. The zero-order valence-electron chi connectivity index (χ0n) is 16.2. The Labute approximate surface area is 173 Å². The zero-order chi connectivity index (χ0) is 20.4. The van der Waals surface area contributed by atoms with E-state index < -0.39 is 0 Å². The lowest BCUT2D eigenvalue weighted by Gasteiger charge is -2.19. The van der Waals surface area contributed by atoms with Crippen molar-refractivity contribution in [1.82, 2.24) is 4.98 Å². The zero-order valence-corrected chi connectivity index (χ0v) is 17.0. The van der Waals surface area contributed by atoms with Crippen LogP contribution in [0.1, 0.15) is 30.3 Å². The molecule has 0 fully saturated rings. The van der Waals surface area contributed by atoms with E-state index >= 15 is 0 Å². The number of amidine groups is 1. The summed E-state index contributed by atoms with van der Waals surface area (Å²) in [6.45, 7) is 2.43. The van der Waals surface area contributed by atoms with Gasteiger partial charge in [-0.15, -0.1) is 11.3 Å². The van der Waals surface area contributed by atoms with Gasteiger partial charge in [0.25, 0.3) is 0 Å². The third-order valence-electron chi connectivity index (χ3n) is 5.03. The van der Waals surface area contributed by atoms with Gasteiger partial charge in [-0.1, -0.05) is 25.5 Å². The fourth-order valence-corrected chi connectivity index (χ4v) is 4.29. The second-order valence-corrected chi connectivity index (χ2v) is 7.93. The molecule has 2 heterocycles. The summed E-state index contributed by atoms with van der Waals surface area (Å²) in [5, 5.41) is 21.6. The molecule has 0 saturated carbocycles. The molecule has 3 aromatic rings. The van der Waals surface area contributed by atoms with Crippen molar-refractivity contribution in [3.63, 3.8) is 0 Å². The number of unbranched alkanes of at least 4 members (excludes halogenated alkanes) is 1. The number of thiazole rings is 1. The molecule has 0 bridgehead atoms. The second-order valence-electron chi connectivity index (χ2n) is 7.07. The van der Waals surface area contributed by atoms with E-state index in [-0.39, 0.29) is 24.0 Å². The van der Waals surface area contributed by atoms with Crippen LogP contribution in [-0.2, 0) is 6.42 Å². The molecule has 1 aromatic heterocycles. The molecule has 0 amide bonds. The van der Waals surface area contributed by atoms with Crippen molar-refractivity contribution in [1.29, 1.82) is 5.41 Å². The summed E-state index contributed by atoms with van der Waals surface area (Å²) in [7, 11) is 0. The van der Waals surface area contributed by atoms with Crippen LogP contribution in [0.2, 0.25) is 0 Å². The maximum Gasteiger partial charge on any atom is 0.139 e. The Morgan fingerprint density at radius 3 is 2.55 bits per heavy atom. The summed E-state index contributed by atoms with van der Waals surface area (Å²) < 4.78 is 13.2. The molecule has 6 heteroatoms. The van der Waals surface area contributed by atoms with E-state index in [0.717, 1.165) is 30.5 Å². The molecule has 2 aromatic carbocycles. The Morgan fingerprint density at radius 2 is 1.86 bits per heavy atom. The van der Waals surface area contributed by atoms with Gasteiger partial charge in [0.15, 0.2) is 0 Å². The average molecular weight is 408 g/mol. The lowest BCUT2D eigenvalue weighted by atomic mass is 10.1. The Kier molecular flexibility index (Phi) is 5.45. The average Bonchev–Trinajstić information content (AvgIpc) is 3.31. The van der Waals surface area contributed by atoms with E-state index in [2.05, 4.69) is 24.0 Å². The highest BCUT2D eigenvalue weighted by Crippen LogP contribution is 2.34. The number of halogens is 1. The first-order chi connectivity index (χ1) is 14.1. The number of aromatic nitrogens is 1. The Morgan fingerprint density at radius 1 is 1.14 bits per heavy atom. The van der Waals surface area contributed by atoms with Gasteiger partial charge in [0.2, 0.25) is 0 Å². The number of hydrogen-bond acceptors (Lipinski definition) is 4. The predicted molar refractivity (Wildman–Crippen MR) is 117 cm³/mol. The highest BCUT2D eigenvalue weighted by Gasteiger charge is 2.31. The van der Waals surface area contributed by atoms with Crippen LogP contribution in [0, 0.1) is 11.2 Å². The van der Waals surface area contributed by atoms with E-state index in [1.807, 2.05) is 17.5 Å². The number of anilines is 1. The molecule has 0 unspecified atom stereocenters. The standard InChI is InChI=1S/C23H22FN3OS/c1-2-3-4-15-5-11-18(12-6-15)27-13-20(28)21(22(27)25)23-26-19(14-29-23)16-7-9-17(24)10-8-16/h5-12,14,25,28H,2-4,13H2,1H3. The first-order valence-corrected chi connectivity index (χ1v) is 10.5. The number of aryl methyl sites for hydroxylation is 1. The van der Waals surface area contributed by atoms with Crippen LogP contribution in [0.5, 0.6) is 0 Å². The van der Waals surface area contributed by atoms with Gasteiger partial charge in [-0.2, -0.15) is 0 Å². The lowest BCUT2D eigenvalue weighted by molar-refractivity contribution is 0.411. The quantitative estimate of drug-likeness (QED) is 0.522. The molecule has 2 N–H and O–H groups in total. The van der Waals surface area contributed by atoms with E-state index in [4.69, 9.17) is 5.41 Å². The van der Waals surface area contributed by atoms with Gasteiger partial charge in [-0.05, 0) is 54.8 Å². The number of nitrogens with zero attached hydrogens (tertiary/aromatic N) is 2. The minimum atomic E-state index is -0.293. The second kappa shape index (κ2) is 8.17. The van der Waals surface area contributed by atoms with E-state index in [0.29, 0.717) is 16.3 Å². The summed E-state index contributed by atoms with van der Waals surface area (Å²) in [6.07, 6.45) is 3.37. The van der Waals surface area contributed by atoms with Gasteiger partial charge in [0.1, 0.15) is 22.4 Å². The molecule has 4 rings (SSSR count). The largest absolute Gasteiger partial charge is 0.510 e. The summed E-state index contributed by atoms with van der Waals surface area (Å²) >= 11 is 1.37. The van der Waals surface area contributed by atoms with Gasteiger partial charge in [-0.25, -0.2) is 9.37 Å². The molecule has 29 heavy (non-hydrogen) atoms. The molecule has 0 saturated heterocycles. The molecule has 0 radical (unpaired) electrons. The molecular formula is C23H22FN3OS. The van der Waals surface area contributed by atoms with E-state index in [1.54, 1.807) is 17.0 Å². The van der Waals surface area contributed by atoms with Crippen LogP contribution in [0.25, 0.3) is 16.8 Å². The normalized spacial score (nSPS) is 14.1. The molecule has 0 spiro atoms. The van der Waals surface area contributed by atoms with Crippen molar-refractivity contribution < 1.29 is 9.50 Å². The van der Waals surface area contributed by atoms with Crippen LogP contribution in [0.15, 0.2) is 59.7 Å². The maximum atomic E-state index is 13.2. The Hall–Kier alpha value is -2.99. The molecular weight excluding hydrogens is 385 g/mol. The topological polar surface area (TPSA) is 60.2 Å². The van der Waals surface area contributed by atoms with Crippen molar-refractivity contribution in [2.45, 2.75) is 26.2 Å². The maximum absolute atomic E-state index is 13.2. The highest BCUT2D eigenvalue weighted by atomic mass is 32.1. The van der Waals surface area contributed by atoms with Crippen molar-refractivity contribution in [2.75, 3.05) is 11.4 Å². The number of nitrogens with one attached hydrogen (secondary N) is 1. The molecule has 1 aliphatic heterocycles. The molecule has 148 valence electrons. The van der Waals surface area contributed by atoms with Crippen molar-refractivity contribution in [2.24, 2.45) is 0 Å². The fourth-order valence-electron chi connectivity index (χ4n) is 3.39. The summed E-state index contributed by atoms with van der Waals surface area (Å²) in [5.74, 6) is 0.0901. The fraction of sp³-hybridized carbons (Fsp3) is 0.217. The number of aliphatic hydroxyl groups is 1. The third-order valence-corrected chi connectivity index (χ3v) is 5.89. The van der Waals surface area contributed by atoms with Gasteiger partial charge < -0.3 is 10.0 Å². The first-order valence-electron chi connectivity index (χ1n) is 9.66. The van der Waals surface area contributed by atoms with E-state index in [9.17, 15) is 9.50 Å². The Bertz CT molecular complexity index is 1050. The summed E-state index contributed by atoms with van der Waals surface area (Å²) in [5.41, 5.74) is 4.13. The third kappa shape index (κ3) is 3.93. The first kappa shape index (κ1) is 19.3. The molecule has 4 nitrogen and oxygen atoms in total. The smallest absolute Gasteiger partial charge is 0.139 e. The monoisotopic (exact) mass is 407 g/mol. The van der Waals surface area contributed by atoms with Crippen LogP contribution >= 0.6 is 11.3 Å². The van der Waals surface area contributed by atoms with E-state index in [1.165, 1.54) is 29.0 Å². The molecule has 0 aliphatic carbocycles. The minimum absolute atomic E-state index is 0.144. The lowest BCUT2D eigenvalue weighted by Crippen LogP contribution is -2.25. The van der Waals surface area contributed by atoms with Crippen LogP contribution < -0.4 is 4.90 Å². The summed E-state index contributed by atoms with van der Waals surface area (Å²) in [6, 6.07) is 14.3. The number of aliphatic hydroxyl groups excluding tert-OH is 1. The van der Waals surface area contributed by atoms with Gasteiger partial charge in [-0.3, -0.25) is 5.41 Å². The van der Waals surface area contributed by atoms with Gasteiger partial charge in [0.05, 0.1) is 17.8 Å². The predicted octanol–water partition coefficient (Wildman–Crippen LogP) is 6.06. The molecule has 0 atom stereocenters.